The van der Waals surface area contributed by atoms with Crippen LogP contribution in [0.1, 0.15) is 32.5 Å². The Morgan fingerprint density at radius 2 is 1.92 bits per heavy atom. The molecule has 1 saturated heterocycles. The van der Waals surface area contributed by atoms with Crippen LogP contribution < -0.4 is 0 Å². The molecule has 0 bridgehead atoms. The summed E-state index contributed by atoms with van der Waals surface area (Å²) in [4.78, 5) is 30.1. The molecule has 1 fully saturated rings. The standard InChI is InChI=1S/C18H15N3O4S/c1-24-18(23)12-4-2-11(3-5-12)17(22)21-8-14(9-21)16-19-15(20-25-16)13-6-7-26-10-13/h2-7,10,14H,8-9H2,1H3. The first-order valence-corrected chi connectivity index (χ1v) is 8.94. The highest BCUT2D eigenvalue weighted by molar-refractivity contribution is 7.08. The molecule has 132 valence electrons. The number of esters is 1. The molecule has 1 aliphatic rings. The molecule has 0 spiro atoms. The van der Waals surface area contributed by atoms with Gasteiger partial charge in [0.15, 0.2) is 0 Å². The Hall–Kier alpha value is -3.00. The zero-order chi connectivity index (χ0) is 18.1. The van der Waals surface area contributed by atoms with Crippen LogP contribution in [0.5, 0.6) is 0 Å². The molecule has 3 heterocycles. The molecule has 0 N–H and O–H groups in total. The Balaban J connectivity index is 1.38. The predicted molar refractivity (Wildman–Crippen MR) is 94.0 cm³/mol. The first-order valence-electron chi connectivity index (χ1n) is 7.99. The first-order chi connectivity index (χ1) is 12.7. The van der Waals surface area contributed by atoms with E-state index in [1.807, 2.05) is 16.8 Å². The van der Waals surface area contributed by atoms with Crippen molar-refractivity contribution >= 4 is 23.2 Å². The van der Waals surface area contributed by atoms with E-state index in [9.17, 15) is 9.59 Å². The van der Waals surface area contributed by atoms with Crippen LogP contribution in [0.25, 0.3) is 11.4 Å². The highest BCUT2D eigenvalue weighted by Gasteiger charge is 2.36. The quantitative estimate of drug-likeness (QED) is 0.658. The van der Waals surface area contributed by atoms with E-state index < -0.39 is 5.97 Å². The van der Waals surface area contributed by atoms with Gasteiger partial charge < -0.3 is 14.2 Å². The van der Waals surface area contributed by atoms with E-state index in [1.165, 1.54) is 7.11 Å². The zero-order valence-electron chi connectivity index (χ0n) is 13.9. The number of nitrogens with zero attached hydrogens (tertiary/aromatic N) is 3. The molecule has 7 nitrogen and oxygen atoms in total. The number of amides is 1. The summed E-state index contributed by atoms with van der Waals surface area (Å²) in [5.41, 5.74) is 1.88. The molecule has 26 heavy (non-hydrogen) atoms. The molecule has 0 unspecified atom stereocenters. The van der Waals surface area contributed by atoms with Crippen LogP contribution >= 0.6 is 11.3 Å². The summed E-state index contributed by atoms with van der Waals surface area (Å²) in [6, 6.07) is 8.36. The fourth-order valence-electron chi connectivity index (χ4n) is 2.76. The van der Waals surface area contributed by atoms with Crippen LogP contribution in [0, 0.1) is 0 Å². The number of hydrogen-bond donors (Lipinski definition) is 0. The summed E-state index contributed by atoms with van der Waals surface area (Å²) in [5, 5.41) is 7.92. The molecule has 2 aromatic heterocycles. The average Bonchev–Trinajstić information content (AvgIpc) is 3.31. The lowest BCUT2D eigenvalue weighted by atomic mass is 9.98. The second-order valence-electron chi connectivity index (χ2n) is 5.94. The molecule has 1 amide bonds. The third kappa shape index (κ3) is 2.99. The zero-order valence-corrected chi connectivity index (χ0v) is 14.7. The average molecular weight is 369 g/mol. The highest BCUT2D eigenvalue weighted by Crippen LogP contribution is 2.29. The van der Waals surface area contributed by atoms with Crippen LogP contribution in [0.3, 0.4) is 0 Å². The van der Waals surface area contributed by atoms with Gasteiger partial charge in [-0.25, -0.2) is 4.79 Å². The summed E-state index contributed by atoms with van der Waals surface area (Å²) in [5.74, 6) is 0.662. The molecule has 0 radical (unpaired) electrons. The fourth-order valence-corrected chi connectivity index (χ4v) is 3.39. The van der Waals surface area contributed by atoms with E-state index in [-0.39, 0.29) is 11.8 Å². The number of rotatable bonds is 4. The summed E-state index contributed by atoms with van der Waals surface area (Å²) >= 11 is 1.57. The number of ether oxygens (including phenoxy) is 1. The normalized spacial score (nSPS) is 14.1. The van der Waals surface area contributed by atoms with E-state index >= 15 is 0 Å². The lowest BCUT2D eigenvalue weighted by Gasteiger charge is -2.37. The molecule has 4 rings (SSSR count). The Labute approximate surface area is 153 Å². The van der Waals surface area contributed by atoms with Crippen molar-refractivity contribution in [3.05, 3.63) is 58.1 Å². The Kier molecular flexibility index (Phi) is 4.26. The van der Waals surface area contributed by atoms with Gasteiger partial charge in [0.25, 0.3) is 5.91 Å². The molecule has 3 aromatic rings. The van der Waals surface area contributed by atoms with Crippen molar-refractivity contribution in [3.8, 4) is 11.4 Å². The largest absolute Gasteiger partial charge is 0.465 e. The van der Waals surface area contributed by atoms with Gasteiger partial charge >= 0.3 is 5.97 Å². The monoisotopic (exact) mass is 369 g/mol. The Morgan fingerprint density at radius 1 is 1.19 bits per heavy atom. The SMILES string of the molecule is COC(=O)c1ccc(C(=O)N2CC(c3nc(-c4ccsc4)no3)C2)cc1. The van der Waals surface area contributed by atoms with Crippen molar-refractivity contribution in [3.63, 3.8) is 0 Å². The van der Waals surface area contributed by atoms with E-state index in [4.69, 9.17) is 4.52 Å². The smallest absolute Gasteiger partial charge is 0.337 e. The van der Waals surface area contributed by atoms with Gasteiger partial charge in [0, 0.05) is 29.6 Å². The number of likely N-dealkylation sites (tertiary alicyclic amines) is 1. The number of aromatic nitrogens is 2. The predicted octanol–water partition coefficient (Wildman–Crippen LogP) is 2.82. The maximum Gasteiger partial charge on any atom is 0.337 e. The van der Waals surface area contributed by atoms with Crippen LogP contribution in [-0.4, -0.2) is 47.1 Å². The number of benzene rings is 1. The minimum atomic E-state index is -0.425. The minimum absolute atomic E-state index is 0.0492. The third-order valence-corrected chi connectivity index (χ3v) is 4.98. The maximum absolute atomic E-state index is 12.5. The van der Waals surface area contributed by atoms with Crippen LogP contribution in [0.15, 0.2) is 45.6 Å². The van der Waals surface area contributed by atoms with Gasteiger partial charge in [-0.3, -0.25) is 4.79 Å². The summed E-state index contributed by atoms with van der Waals surface area (Å²) < 4.78 is 9.99. The molecule has 1 aliphatic heterocycles. The summed E-state index contributed by atoms with van der Waals surface area (Å²) in [6.07, 6.45) is 0. The molecule has 0 atom stereocenters. The van der Waals surface area contributed by atoms with E-state index in [0.717, 1.165) is 5.56 Å². The van der Waals surface area contributed by atoms with E-state index in [2.05, 4.69) is 14.9 Å². The van der Waals surface area contributed by atoms with Gasteiger partial charge in [-0.2, -0.15) is 16.3 Å². The molecule has 0 saturated carbocycles. The van der Waals surface area contributed by atoms with Crippen molar-refractivity contribution in [2.24, 2.45) is 0 Å². The Morgan fingerprint density at radius 3 is 2.58 bits per heavy atom. The molecular formula is C18H15N3O4S. The van der Waals surface area contributed by atoms with Crippen LogP contribution in [0.2, 0.25) is 0 Å². The maximum atomic E-state index is 12.5. The highest BCUT2D eigenvalue weighted by atomic mass is 32.1. The van der Waals surface area contributed by atoms with Gasteiger partial charge in [-0.05, 0) is 35.7 Å². The van der Waals surface area contributed by atoms with Crippen molar-refractivity contribution < 1.29 is 18.8 Å². The Bertz CT molecular complexity index is 928. The second-order valence-corrected chi connectivity index (χ2v) is 6.72. The number of thiophene rings is 1. The van der Waals surface area contributed by atoms with Crippen molar-refractivity contribution in [2.75, 3.05) is 20.2 Å². The second kappa shape index (κ2) is 6.72. The van der Waals surface area contributed by atoms with E-state index in [1.54, 1.807) is 40.5 Å². The van der Waals surface area contributed by atoms with Crippen LogP contribution in [0.4, 0.5) is 0 Å². The van der Waals surface area contributed by atoms with E-state index in [0.29, 0.717) is 35.9 Å². The number of carbonyl (C=O) groups is 2. The van der Waals surface area contributed by atoms with Crippen molar-refractivity contribution in [1.29, 1.82) is 0 Å². The van der Waals surface area contributed by atoms with Crippen molar-refractivity contribution in [1.82, 2.24) is 15.0 Å². The molecule has 8 heteroatoms. The lowest BCUT2D eigenvalue weighted by molar-refractivity contribution is 0.0564. The first kappa shape index (κ1) is 16.5. The summed E-state index contributed by atoms with van der Waals surface area (Å²) in [7, 11) is 1.32. The molecule has 0 aliphatic carbocycles. The van der Waals surface area contributed by atoms with Gasteiger partial charge in [0.1, 0.15) is 0 Å². The fraction of sp³-hybridized carbons (Fsp3) is 0.222. The van der Waals surface area contributed by atoms with Gasteiger partial charge in [0.2, 0.25) is 11.7 Å². The number of methoxy groups -OCH3 is 1. The third-order valence-electron chi connectivity index (χ3n) is 4.29. The number of hydrogen-bond acceptors (Lipinski definition) is 7. The molecule has 1 aromatic carbocycles. The summed E-state index contributed by atoms with van der Waals surface area (Å²) in [6.45, 7) is 1.06. The van der Waals surface area contributed by atoms with Gasteiger partial charge in [-0.15, -0.1) is 0 Å². The number of carbonyl (C=O) groups excluding carboxylic acids is 2. The lowest BCUT2D eigenvalue weighted by Crippen LogP contribution is -2.48. The molecular weight excluding hydrogens is 354 g/mol. The minimum Gasteiger partial charge on any atom is -0.465 e. The topological polar surface area (TPSA) is 85.5 Å². The van der Waals surface area contributed by atoms with Gasteiger partial charge in [-0.1, -0.05) is 5.16 Å². The van der Waals surface area contributed by atoms with Crippen LogP contribution in [-0.2, 0) is 4.74 Å². The van der Waals surface area contributed by atoms with Gasteiger partial charge in [0.05, 0.1) is 18.6 Å². The van der Waals surface area contributed by atoms with Crippen molar-refractivity contribution in [2.45, 2.75) is 5.92 Å².